The molecule has 3 rings (SSSR count). The first-order valence-electron chi connectivity index (χ1n) is 7.53. The Morgan fingerprint density at radius 2 is 2.10 bits per heavy atom. The molecule has 2 aliphatic rings. The summed E-state index contributed by atoms with van der Waals surface area (Å²) in [6.45, 7) is 5.78. The normalized spacial score (nSPS) is 25.2. The van der Waals surface area contributed by atoms with Gasteiger partial charge < -0.3 is 15.0 Å². The van der Waals surface area contributed by atoms with E-state index < -0.39 is 0 Å². The third-order valence-electron chi connectivity index (χ3n) is 3.99. The van der Waals surface area contributed by atoms with Gasteiger partial charge in [-0.05, 0) is 37.9 Å². The monoisotopic (exact) mass is 295 g/mol. The zero-order chi connectivity index (χ0) is 13.9. The van der Waals surface area contributed by atoms with E-state index in [1.54, 1.807) is 0 Å². The highest BCUT2D eigenvalue weighted by molar-refractivity contribution is 6.31. The molecule has 4 nitrogen and oxygen atoms in total. The quantitative estimate of drug-likeness (QED) is 0.847. The molecule has 0 aromatic carbocycles. The SMILES string of the molecule is CCCNCc1nc(N2CC3CCC(C2)O3)ccc1Cl. The number of hydrogen-bond acceptors (Lipinski definition) is 4. The van der Waals surface area contributed by atoms with Gasteiger partial charge in [-0.1, -0.05) is 18.5 Å². The molecule has 0 aliphatic carbocycles. The molecular weight excluding hydrogens is 274 g/mol. The summed E-state index contributed by atoms with van der Waals surface area (Å²) in [6.07, 6.45) is 4.24. The maximum absolute atomic E-state index is 6.24. The van der Waals surface area contributed by atoms with E-state index in [1.807, 2.05) is 12.1 Å². The highest BCUT2D eigenvalue weighted by Crippen LogP contribution is 2.29. The first-order chi connectivity index (χ1) is 9.76. The lowest BCUT2D eigenvalue weighted by Crippen LogP contribution is -2.43. The van der Waals surface area contributed by atoms with Crippen LogP contribution in [0.25, 0.3) is 0 Å². The van der Waals surface area contributed by atoms with Crippen LogP contribution in [0.4, 0.5) is 5.82 Å². The number of nitrogens with one attached hydrogen (secondary N) is 1. The van der Waals surface area contributed by atoms with Crippen molar-refractivity contribution in [1.82, 2.24) is 10.3 Å². The Kier molecular flexibility index (Phi) is 4.44. The van der Waals surface area contributed by atoms with Gasteiger partial charge in [-0.2, -0.15) is 0 Å². The van der Waals surface area contributed by atoms with E-state index in [9.17, 15) is 0 Å². The molecule has 2 bridgehead atoms. The Bertz CT molecular complexity index is 456. The average Bonchev–Trinajstić information content (AvgIpc) is 2.80. The number of morpholine rings is 1. The number of pyridine rings is 1. The van der Waals surface area contributed by atoms with Crippen molar-refractivity contribution in [2.45, 2.75) is 44.9 Å². The molecule has 2 saturated heterocycles. The summed E-state index contributed by atoms with van der Waals surface area (Å²) in [6, 6.07) is 3.99. The molecule has 2 aliphatic heterocycles. The van der Waals surface area contributed by atoms with Crippen LogP contribution >= 0.6 is 11.6 Å². The van der Waals surface area contributed by atoms with Crippen molar-refractivity contribution in [2.75, 3.05) is 24.5 Å². The van der Waals surface area contributed by atoms with Crippen molar-refractivity contribution in [3.8, 4) is 0 Å². The summed E-state index contributed by atoms with van der Waals surface area (Å²) >= 11 is 6.24. The smallest absolute Gasteiger partial charge is 0.129 e. The third-order valence-corrected chi connectivity index (χ3v) is 4.33. The molecule has 0 radical (unpaired) electrons. The van der Waals surface area contributed by atoms with E-state index in [0.29, 0.717) is 12.2 Å². The molecule has 110 valence electrons. The molecule has 3 heterocycles. The predicted molar refractivity (Wildman–Crippen MR) is 81.4 cm³/mol. The van der Waals surface area contributed by atoms with Crippen molar-refractivity contribution < 1.29 is 4.74 Å². The molecule has 1 N–H and O–H groups in total. The summed E-state index contributed by atoms with van der Waals surface area (Å²) in [5.74, 6) is 1.03. The van der Waals surface area contributed by atoms with Crippen LogP contribution in [0.1, 0.15) is 31.9 Å². The lowest BCUT2D eigenvalue weighted by molar-refractivity contribution is 0.0302. The molecule has 20 heavy (non-hydrogen) atoms. The van der Waals surface area contributed by atoms with E-state index >= 15 is 0 Å². The second-order valence-corrected chi connectivity index (χ2v) is 6.04. The van der Waals surface area contributed by atoms with Gasteiger partial charge in [0.15, 0.2) is 0 Å². The van der Waals surface area contributed by atoms with E-state index in [0.717, 1.165) is 49.1 Å². The minimum absolute atomic E-state index is 0.382. The van der Waals surface area contributed by atoms with Gasteiger partial charge in [0.1, 0.15) is 5.82 Å². The fraction of sp³-hybridized carbons (Fsp3) is 0.667. The van der Waals surface area contributed by atoms with Crippen LogP contribution in [0.5, 0.6) is 0 Å². The Balaban J connectivity index is 1.71. The minimum Gasteiger partial charge on any atom is -0.371 e. The van der Waals surface area contributed by atoms with Gasteiger partial charge >= 0.3 is 0 Å². The molecule has 5 heteroatoms. The Labute approximate surface area is 125 Å². The van der Waals surface area contributed by atoms with Crippen LogP contribution < -0.4 is 10.2 Å². The van der Waals surface area contributed by atoms with Crippen molar-refractivity contribution in [3.63, 3.8) is 0 Å². The van der Waals surface area contributed by atoms with Crippen LogP contribution in [-0.4, -0.2) is 36.8 Å². The van der Waals surface area contributed by atoms with Gasteiger partial charge in [-0.3, -0.25) is 0 Å². The molecule has 1 aromatic heterocycles. The van der Waals surface area contributed by atoms with Gasteiger partial charge in [0.2, 0.25) is 0 Å². The maximum Gasteiger partial charge on any atom is 0.129 e. The number of ether oxygens (including phenoxy) is 1. The number of fused-ring (bicyclic) bond motifs is 2. The lowest BCUT2D eigenvalue weighted by atomic mass is 10.2. The molecule has 0 saturated carbocycles. The number of aromatic nitrogens is 1. The van der Waals surface area contributed by atoms with Gasteiger partial charge in [-0.25, -0.2) is 4.98 Å². The highest BCUT2D eigenvalue weighted by Gasteiger charge is 2.34. The van der Waals surface area contributed by atoms with Crippen LogP contribution in [0.15, 0.2) is 12.1 Å². The molecule has 0 amide bonds. The van der Waals surface area contributed by atoms with E-state index in [1.165, 1.54) is 12.8 Å². The fourth-order valence-electron chi connectivity index (χ4n) is 2.96. The number of nitrogens with zero attached hydrogens (tertiary/aromatic N) is 2. The molecule has 2 unspecified atom stereocenters. The van der Waals surface area contributed by atoms with Crippen molar-refractivity contribution in [3.05, 3.63) is 22.8 Å². The van der Waals surface area contributed by atoms with Gasteiger partial charge in [0, 0.05) is 19.6 Å². The first-order valence-corrected chi connectivity index (χ1v) is 7.90. The Hall–Kier alpha value is -0.840. The maximum atomic E-state index is 6.24. The predicted octanol–water partition coefficient (Wildman–Crippen LogP) is 2.60. The van der Waals surface area contributed by atoms with Crippen molar-refractivity contribution in [1.29, 1.82) is 0 Å². The summed E-state index contributed by atoms with van der Waals surface area (Å²) in [4.78, 5) is 7.08. The topological polar surface area (TPSA) is 37.4 Å². The Morgan fingerprint density at radius 1 is 1.35 bits per heavy atom. The van der Waals surface area contributed by atoms with Crippen LogP contribution in [0.2, 0.25) is 5.02 Å². The van der Waals surface area contributed by atoms with Gasteiger partial charge in [0.25, 0.3) is 0 Å². The van der Waals surface area contributed by atoms with Crippen LogP contribution in [-0.2, 0) is 11.3 Å². The molecule has 0 spiro atoms. The number of anilines is 1. The second kappa shape index (κ2) is 6.29. The van der Waals surface area contributed by atoms with Crippen LogP contribution in [0.3, 0.4) is 0 Å². The second-order valence-electron chi connectivity index (χ2n) is 5.64. The van der Waals surface area contributed by atoms with E-state index in [2.05, 4.69) is 17.1 Å². The van der Waals surface area contributed by atoms with Crippen molar-refractivity contribution >= 4 is 17.4 Å². The third kappa shape index (κ3) is 3.08. The fourth-order valence-corrected chi connectivity index (χ4v) is 3.13. The number of halogens is 1. The standard InChI is InChI=1S/C15H22ClN3O/c1-2-7-17-8-14-13(16)5-6-15(18-14)19-9-11-3-4-12(10-19)20-11/h5-6,11-12,17H,2-4,7-10H2,1H3. The minimum atomic E-state index is 0.382. The number of rotatable bonds is 5. The van der Waals surface area contributed by atoms with Gasteiger partial charge in [0.05, 0.1) is 22.9 Å². The lowest BCUT2D eigenvalue weighted by Gasteiger charge is -2.33. The molecule has 1 aromatic rings. The number of hydrogen-bond donors (Lipinski definition) is 1. The van der Waals surface area contributed by atoms with Crippen LogP contribution in [0, 0.1) is 0 Å². The molecular formula is C15H22ClN3O. The zero-order valence-electron chi connectivity index (χ0n) is 11.9. The summed E-state index contributed by atoms with van der Waals surface area (Å²) in [7, 11) is 0. The Morgan fingerprint density at radius 3 is 2.80 bits per heavy atom. The average molecular weight is 296 g/mol. The zero-order valence-corrected chi connectivity index (χ0v) is 12.7. The molecule has 2 atom stereocenters. The largest absolute Gasteiger partial charge is 0.371 e. The summed E-state index contributed by atoms with van der Waals surface area (Å²) in [5.41, 5.74) is 0.941. The first kappa shape index (κ1) is 14.1. The highest BCUT2D eigenvalue weighted by atomic mass is 35.5. The molecule has 2 fully saturated rings. The van der Waals surface area contributed by atoms with Crippen molar-refractivity contribution in [2.24, 2.45) is 0 Å². The van der Waals surface area contributed by atoms with Gasteiger partial charge in [-0.15, -0.1) is 0 Å². The van der Waals surface area contributed by atoms with E-state index in [-0.39, 0.29) is 0 Å². The summed E-state index contributed by atoms with van der Waals surface area (Å²) in [5, 5.41) is 4.11. The summed E-state index contributed by atoms with van der Waals surface area (Å²) < 4.78 is 5.87. The van der Waals surface area contributed by atoms with E-state index in [4.69, 9.17) is 21.3 Å².